The van der Waals surface area contributed by atoms with Crippen LogP contribution >= 0.6 is 0 Å². The van der Waals surface area contributed by atoms with Gasteiger partial charge in [-0.25, -0.2) is 0 Å². The molecule has 0 N–H and O–H groups in total. The predicted octanol–water partition coefficient (Wildman–Crippen LogP) is 6.59. The Balaban J connectivity index is 3.47. The van der Waals surface area contributed by atoms with Crippen molar-refractivity contribution in [1.82, 2.24) is 0 Å². The summed E-state index contributed by atoms with van der Waals surface area (Å²) in [6.45, 7) is 8.90. The lowest BCUT2D eigenvalue weighted by atomic mass is 9.87. The molecule has 0 bridgehead atoms. The molecule has 2 unspecified atom stereocenters. The summed E-state index contributed by atoms with van der Waals surface area (Å²) in [5.41, 5.74) is 0. The summed E-state index contributed by atoms with van der Waals surface area (Å²) >= 11 is 0. The van der Waals surface area contributed by atoms with Gasteiger partial charge in [0.1, 0.15) is 0 Å². The highest BCUT2D eigenvalue weighted by atomic mass is 14.2. The Labute approximate surface area is 122 Å². The van der Waals surface area contributed by atoms with Gasteiger partial charge in [-0.05, 0) is 19.3 Å². The average molecular weight is 264 g/mol. The third kappa shape index (κ3) is 11.1. The molecule has 0 aliphatic heterocycles. The lowest BCUT2D eigenvalue weighted by molar-refractivity contribution is 0.389. The maximum absolute atomic E-state index is 3.41. The Hall–Kier alpha value is -0.440. The fourth-order valence-electron chi connectivity index (χ4n) is 2.64. The summed E-state index contributed by atoms with van der Waals surface area (Å²) in [5, 5.41) is 0. The molecule has 0 saturated heterocycles. The number of hydrogen-bond donors (Lipinski definition) is 0. The van der Waals surface area contributed by atoms with Crippen molar-refractivity contribution in [3.05, 3.63) is 0 Å². The van der Waals surface area contributed by atoms with Crippen molar-refractivity contribution < 1.29 is 0 Å². The zero-order valence-corrected chi connectivity index (χ0v) is 13.9. The smallest absolute Gasteiger partial charge is 0.0228 e. The highest BCUT2D eigenvalue weighted by Crippen LogP contribution is 2.21. The molecule has 0 radical (unpaired) electrons. The van der Waals surface area contributed by atoms with Crippen molar-refractivity contribution in [2.45, 2.75) is 98.3 Å². The Morgan fingerprint density at radius 2 is 1.32 bits per heavy atom. The van der Waals surface area contributed by atoms with Crippen LogP contribution in [0.5, 0.6) is 0 Å². The predicted molar refractivity (Wildman–Crippen MR) is 88.2 cm³/mol. The Kier molecular flexibility index (Phi) is 13.7. The van der Waals surface area contributed by atoms with Gasteiger partial charge in [0.05, 0.1) is 0 Å². The van der Waals surface area contributed by atoms with Gasteiger partial charge in [0.15, 0.2) is 0 Å². The van der Waals surface area contributed by atoms with Gasteiger partial charge in [-0.15, -0.1) is 5.92 Å². The molecule has 2 atom stereocenters. The van der Waals surface area contributed by atoms with E-state index in [1.165, 1.54) is 70.6 Å². The molecule has 0 spiro atoms. The second-order valence-electron chi connectivity index (χ2n) is 6.00. The molecule has 0 saturated carbocycles. The molecule has 0 heteroatoms. The van der Waals surface area contributed by atoms with Gasteiger partial charge in [-0.3, -0.25) is 0 Å². The van der Waals surface area contributed by atoms with Crippen LogP contribution in [-0.4, -0.2) is 0 Å². The van der Waals surface area contributed by atoms with Crippen LogP contribution in [0.2, 0.25) is 0 Å². The van der Waals surface area contributed by atoms with Crippen LogP contribution in [0, 0.1) is 23.7 Å². The van der Waals surface area contributed by atoms with Crippen molar-refractivity contribution in [3.63, 3.8) is 0 Å². The summed E-state index contributed by atoms with van der Waals surface area (Å²) in [5.74, 6) is 7.93. The average Bonchev–Trinajstić information content (AvgIpc) is 2.43. The summed E-state index contributed by atoms with van der Waals surface area (Å²) in [7, 11) is 0. The zero-order chi connectivity index (χ0) is 14.3. The molecule has 0 aliphatic carbocycles. The van der Waals surface area contributed by atoms with Gasteiger partial charge in [0.25, 0.3) is 0 Å². The van der Waals surface area contributed by atoms with Crippen LogP contribution in [0.1, 0.15) is 98.3 Å². The van der Waals surface area contributed by atoms with E-state index in [2.05, 4.69) is 32.6 Å². The zero-order valence-electron chi connectivity index (χ0n) is 13.9. The van der Waals surface area contributed by atoms with Crippen LogP contribution in [0.25, 0.3) is 0 Å². The molecule has 0 fully saturated rings. The lowest BCUT2D eigenvalue weighted by Gasteiger charge is -2.17. The lowest BCUT2D eigenvalue weighted by Crippen LogP contribution is -2.08. The van der Waals surface area contributed by atoms with Crippen LogP contribution in [0.3, 0.4) is 0 Å². The standard InChI is InChI=1S/C19H36/c1-5-8-9-10-11-12-13-14-15-17-19(16-6-2)18(4)7-3/h18-19H,5,7-15,17H2,1-4H3. The van der Waals surface area contributed by atoms with Crippen molar-refractivity contribution in [1.29, 1.82) is 0 Å². The van der Waals surface area contributed by atoms with Crippen molar-refractivity contribution in [3.8, 4) is 11.8 Å². The summed E-state index contributed by atoms with van der Waals surface area (Å²) in [4.78, 5) is 0. The molecule has 19 heavy (non-hydrogen) atoms. The minimum Gasteiger partial charge on any atom is -0.106 e. The Bertz CT molecular complexity index is 230. The first-order chi connectivity index (χ1) is 9.26. The first-order valence-electron chi connectivity index (χ1n) is 8.68. The molecule has 112 valence electrons. The first-order valence-corrected chi connectivity index (χ1v) is 8.68. The number of rotatable bonds is 12. The van der Waals surface area contributed by atoms with Crippen LogP contribution in [0.4, 0.5) is 0 Å². The molecule has 0 aromatic heterocycles. The van der Waals surface area contributed by atoms with E-state index in [1.54, 1.807) is 0 Å². The molecule has 0 aliphatic rings. The number of unbranched alkanes of at least 4 members (excludes halogenated alkanes) is 8. The van der Waals surface area contributed by atoms with E-state index in [-0.39, 0.29) is 0 Å². The third-order valence-electron chi connectivity index (χ3n) is 4.28. The number of hydrogen-bond acceptors (Lipinski definition) is 0. The minimum atomic E-state index is 0.638. The van der Waals surface area contributed by atoms with E-state index in [0.717, 1.165) is 5.92 Å². The van der Waals surface area contributed by atoms with Gasteiger partial charge in [-0.1, -0.05) is 90.9 Å². The fraction of sp³-hybridized carbons (Fsp3) is 0.895. The quantitative estimate of drug-likeness (QED) is 0.275. The third-order valence-corrected chi connectivity index (χ3v) is 4.28. The van der Waals surface area contributed by atoms with Gasteiger partial charge in [0, 0.05) is 5.92 Å². The van der Waals surface area contributed by atoms with Crippen LogP contribution in [0.15, 0.2) is 0 Å². The molecular formula is C19H36. The van der Waals surface area contributed by atoms with E-state index in [9.17, 15) is 0 Å². The van der Waals surface area contributed by atoms with Gasteiger partial charge >= 0.3 is 0 Å². The van der Waals surface area contributed by atoms with E-state index in [4.69, 9.17) is 0 Å². The van der Waals surface area contributed by atoms with E-state index in [1.807, 2.05) is 6.92 Å². The molecule has 0 nitrogen and oxygen atoms in total. The highest BCUT2D eigenvalue weighted by Gasteiger charge is 2.12. The summed E-state index contributed by atoms with van der Waals surface area (Å²) in [6.07, 6.45) is 15.3. The summed E-state index contributed by atoms with van der Waals surface area (Å²) < 4.78 is 0. The van der Waals surface area contributed by atoms with Gasteiger partial charge in [-0.2, -0.15) is 0 Å². The second-order valence-corrected chi connectivity index (χ2v) is 6.00. The highest BCUT2D eigenvalue weighted by molar-refractivity contribution is 5.02. The maximum atomic E-state index is 3.41. The molecular weight excluding hydrogens is 228 g/mol. The SMILES string of the molecule is CC#CC(CCCCCCCCCCC)C(C)CC. The van der Waals surface area contributed by atoms with E-state index < -0.39 is 0 Å². The molecule has 0 amide bonds. The van der Waals surface area contributed by atoms with Gasteiger partial charge < -0.3 is 0 Å². The van der Waals surface area contributed by atoms with Crippen molar-refractivity contribution in [2.75, 3.05) is 0 Å². The van der Waals surface area contributed by atoms with Crippen molar-refractivity contribution >= 4 is 0 Å². The van der Waals surface area contributed by atoms with Gasteiger partial charge in [0.2, 0.25) is 0 Å². The Morgan fingerprint density at radius 3 is 1.79 bits per heavy atom. The van der Waals surface area contributed by atoms with Crippen molar-refractivity contribution in [2.24, 2.45) is 11.8 Å². The molecule has 0 aromatic carbocycles. The molecule has 0 rings (SSSR count). The second kappa shape index (κ2) is 14.0. The maximum Gasteiger partial charge on any atom is 0.0228 e. The summed E-state index contributed by atoms with van der Waals surface area (Å²) in [6, 6.07) is 0. The normalized spacial score (nSPS) is 13.7. The van der Waals surface area contributed by atoms with E-state index >= 15 is 0 Å². The first kappa shape index (κ1) is 18.6. The Morgan fingerprint density at radius 1 is 0.789 bits per heavy atom. The topological polar surface area (TPSA) is 0 Å². The molecule has 0 heterocycles. The van der Waals surface area contributed by atoms with E-state index in [0.29, 0.717) is 5.92 Å². The monoisotopic (exact) mass is 264 g/mol. The largest absolute Gasteiger partial charge is 0.106 e. The minimum absolute atomic E-state index is 0.638. The molecule has 0 aromatic rings. The van der Waals surface area contributed by atoms with Crippen LogP contribution in [-0.2, 0) is 0 Å². The van der Waals surface area contributed by atoms with Crippen LogP contribution < -0.4 is 0 Å². The fourth-order valence-corrected chi connectivity index (χ4v) is 2.64.